The van der Waals surface area contributed by atoms with Crippen molar-refractivity contribution >= 4 is 17.7 Å². The van der Waals surface area contributed by atoms with Gasteiger partial charge in [0, 0.05) is 20.1 Å². The summed E-state index contributed by atoms with van der Waals surface area (Å²) in [5.41, 5.74) is 1.86. The Balaban J connectivity index is 1.66. The standard InChI is InChI=1S/C22H24N4O2S/c1-25-20(17-12-6-7-13-18(17)28-2)23-24-22(25)29-19(16-10-4-3-5-11-16)21(27)26-14-8-9-15-26/h3-7,10-13,19H,8-9,14-15H2,1-2H3/t19-/m0/s1. The summed E-state index contributed by atoms with van der Waals surface area (Å²) in [6.07, 6.45) is 2.14. The average Bonchev–Trinajstić information content (AvgIpc) is 3.42. The topological polar surface area (TPSA) is 60.3 Å². The third-order valence-corrected chi connectivity index (χ3v) is 6.43. The zero-order valence-corrected chi connectivity index (χ0v) is 17.4. The molecule has 1 aliphatic rings. The van der Waals surface area contributed by atoms with Gasteiger partial charge in [0.1, 0.15) is 11.0 Å². The van der Waals surface area contributed by atoms with Crippen molar-refractivity contribution in [3.05, 3.63) is 60.2 Å². The Kier molecular flexibility index (Phi) is 5.85. The van der Waals surface area contributed by atoms with Crippen molar-refractivity contribution in [3.63, 3.8) is 0 Å². The van der Waals surface area contributed by atoms with Crippen molar-refractivity contribution < 1.29 is 9.53 Å². The average molecular weight is 409 g/mol. The predicted molar refractivity (Wildman–Crippen MR) is 114 cm³/mol. The van der Waals surface area contributed by atoms with E-state index in [-0.39, 0.29) is 11.2 Å². The number of benzene rings is 2. The number of nitrogens with zero attached hydrogens (tertiary/aromatic N) is 4. The van der Waals surface area contributed by atoms with Crippen LogP contribution in [-0.2, 0) is 11.8 Å². The van der Waals surface area contributed by atoms with Crippen LogP contribution in [0.25, 0.3) is 11.4 Å². The Hall–Kier alpha value is -2.80. The fourth-order valence-corrected chi connectivity index (χ4v) is 4.67. The van der Waals surface area contributed by atoms with Crippen LogP contribution < -0.4 is 4.74 Å². The molecule has 6 nitrogen and oxygen atoms in total. The second kappa shape index (κ2) is 8.69. The number of thioether (sulfide) groups is 1. The van der Waals surface area contributed by atoms with Gasteiger partial charge < -0.3 is 14.2 Å². The van der Waals surface area contributed by atoms with E-state index in [1.54, 1.807) is 7.11 Å². The van der Waals surface area contributed by atoms with Crippen molar-refractivity contribution in [2.45, 2.75) is 23.2 Å². The molecule has 29 heavy (non-hydrogen) atoms. The molecule has 0 spiro atoms. The summed E-state index contributed by atoms with van der Waals surface area (Å²) in [5, 5.41) is 9.13. The molecular weight excluding hydrogens is 384 g/mol. The van der Waals surface area contributed by atoms with Crippen molar-refractivity contribution in [2.75, 3.05) is 20.2 Å². The number of carbonyl (C=O) groups is 1. The molecule has 0 saturated carbocycles. The Morgan fingerprint density at radius 3 is 2.45 bits per heavy atom. The molecule has 0 aliphatic carbocycles. The van der Waals surface area contributed by atoms with Crippen LogP contribution in [0.3, 0.4) is 0 Å². The number of hydrogen-bond acceptors (Lipinski definition) is 5. The largest absolute Gasteiger partial charge is 0.496 e. The molecule has 0 bridgehead atoms. The minimum Gasteiger partial charge on any atom is -0.496 e. The minimum absolute atomic E-state index is 0.139. The zero-order valence-electron chi connectivity index (χ0n) is 16.6. The Labute approximate surface area is 174 Å². The normalized spacial score (nSPS) is 14.8. The molecule has 1 aliphatic heterocycles. The third kappa shape index (κ3) is 4.00. The number of para-hydroxylation sites is 1. The van der Waals surface area contributed by atoms with E-state index in [9.17, 15) is 4.79 Å². The van der Waals surface area contributed by atoms with E-state index in [0.29, 0.717) is 11.0 Å². The molecule has 1 aromatic heterocycles. The number of amides is 1. The molecule has 1 amide bonds. The van der Waals surface area contributed by atoms with E-state index < -0.39 is 0 Å². The number of methoxy groups -OCH3 is 1. The summed E-state index contributed by atoms with van der Waals surface area (Å²) in [6.45, 7) is 1.65. The molecule has 150 valence electrons. The van der Waals surface area contributed by atoms with E-state index in [1.807, 2.05) is 71.1 Å². The molecule has 1 saturated heterocycles. The molecule has 3 aromatic rings. The maximum absolute atomic E-state index is 13.3. The van der Waals surface area contributed by atoms with Crippen LogP contribution in [0, 0.1) is 0 Å². The highest BCUT2D eigenvalue weighted by Crippen LogP contribution is 2.38. The smallest absolute Gasteiger partial charge is 0.240 e. The molecule has 4 rings (SSSR count). The molecule has 2 heterocycles. The van der Waals surface area contributed by atoms with E-state index >= 15 is 0 Å². The lowest BCUT2D eigenvalue weighted by molar-refractivity contribution is -0.129. The minimum atomic E-state index is -0.345. The lowest BCUT2D eigenvalue weighted by atomic mass is 10.1. The zero-order chi connectivity index (χ0) is 20.2. The number of carbonyl (C=O) groups excluding carboxylic acids is 1. The summed E-state index contributed by atoms with van der Waals surface area (Å²) in [4.78, 5) is 15.2. The van der Waals surface area contributed by atoms with E-state index in [4.69, 9.17) is 4.74 Å². The monoisotopic (exact) mass is 408 g/mol. The van der Waals surface area contributed by atoms with Gasteiger partial charge in [-0.2, -0.15) is 0 Å². The number of hydrogen-bond donors (Lipinski definition) is 0. The fourth-order valence-electron chi connectivity index (χ4n) is 3.58. The lowest BCUT2D eigenvalue weighted by Crippen LogP contribution is -2.31. The second-order valence-corrected chi connectivity index (χ2v) is 8.08. The first kappa shape index (κ1) is 19.5. The van der Waals surface area contributed by atoms with Crippen LogP contribution in [-0.4, -0.2) is 45.8 Å². The van der Waals surface area contributed by atoms with Crippen LogP contribution in [0.15, 0.2) is 59.8 Å². The van der Waals surface area contributed by atoms with Gasteiger partial charge in [0.25, 0.3) is 0 Å². The van der Waals surface area contributed by atoms with Gasteiger partial charge in [0.15, 0.2) is 11.0 Å². The van der Waals surface area contributed by atoms with Crippen molar-refractivity contribution in [1.29, 1.82) is 0 Å². The predicted octanol–water partition coefficient (Wildman–Crippen LogP) is 3.95. The van der Waals surface area contributed by atoms with Gasteiger partial charge >= 0.3 is 0 Å². The fraction of sp³-hybridized carbons (Fsp3) is 0.318. The maximum Gasteiger partial charge on any atom is 0.240 e. The summed E-state index contributed by atoms with van der Waals surface area (Å²) >= 11 is 1.45. The van der Waals surface area contributed by atoms with Crippen molar-refractivity contribution in [1.82, 2.24) is 19.7 Å². The second-order valence-electron chi connectivity index (χ2n) is 7.01. The van der Waals surface area contributed by atoms with Crippen LogP contribution in [0.1, 0.15) is 23.7 Å². The van der Waals surface area contributed by atoms with Crippen LogP contribution in [0.5, 0.6) is 5.75 Å². The highest BCUT2D eigenvalue weighted by atomic mass is 32.2. The molecule has 1 fully saturated rings. The molecule has 2 aromatic carbocycles. The Morgan fingerprint density at radius 1 is 1.03 bits per heavy atom. The number of likely N-dealkylation sites (tertiary alicyclic amines) is 1. The molecule has 0 unspecified atom stereocenters. The molecule has 0 N–H and O–H groups in total. The molecular formula is C22H24N4O2S. The number of aromatic nitrogens is 3. The van der Waals surface area contributed by atoms with Gasteiger partial charge in [0.2, 0.25) is 5.91 Å². The van der Waals surface area contributed by atoms with Crippen LogP contribution in [0.2, 0.25) is 0 Å². The maximum atomic E-state index is 13.3. The van der Waals surface area contributed by atoms with Gasteiger partial charge in [-0.25, -0.2) is 0 Å². The molecule has 7 heteroatoms. The van der Waals surface area contributed by atoms with E-state index in [1.165, 1.54) is 11.8 Å². The van der Waals surface area contributed by atoms with E-state index in [2.05, 4.69) is 10.2 Å². The van der Waals surface area contributed by atoms with Gasteiger partial charge in [-0.15, -0.1) is 10.2 Å². The summed E-state index contributed by atoms with van der Waals surface area (Å²) in [6, 6.07) is 17.6. The summed E-state index contributed by atoms with van der Waals surface area (Å²) < 4.78 is 7.40. The highest BCUT2D eigenvalue weighted by Gasteiger charge is 2.30. The summed E-state index contributed by atoms with van der Waals surface area (Å²) in [7, 11) is 3.57. The third-order valence-electron chi connectivity index (χ3n) is 5.15. The summed E-state index contributed by atoms with van der Waals surface area (Å²) in [5.74, 6) is 1.60. The number of ether oxygens (including phenoxy) is 1. The van der Waals surface area contributed by atoms with Crippen molar-refractivity contribution in [2.24, 2.45) is 7.05 Å². The first-order valence-corrected chi connectivity index (χ1v) is 10.6. The van der Waals surface area contributed by atoms with Gasteiger partial charge in [-0.05, 0) is 30.5 Å². The Bertz CT molecular complexity index is 983. The quantitative estimate of drug-likeness (QED) is 0.578. The SMILES string of the molecule is COc1ccccc1-c1nnc(S[C@H](C(=O)N2CCCC2)c2ccccc2)n1C. The first-order valence-electron chi connectivity index (χ1n) is 9.72. The molecule has 0 radical (unpaired) electrons. The van der Waals surface area contributed by atoms with Gasteiger partial charge in [0.05, 0.1) is 12.7 Å². The van der Waals surface area contributed by atoms with Crippen LogP contribution in [0.4, 0.5) is 0 Å². The van der Waals surface area contributed by atoms with Crippen molar-refractivity contribution in [3.8, 4) is 17.1 Å². The van der Waals surface area contributed by atoms with E-state index in [0.717, 1.165) is 42.8 Å². The number of rotatable bonds is 6. The van der Waals surface area contributed by atoms with Gasteiger partial charge in [-0.1, -0.05) is 54.2 Å². The first-order chi connectivity index (χ1) is 14.2. The van der Waals surface area contributed by atoms with Crippen LogP contribution >= 0.6 is 11.8 Å². The highest BCUT2D eigenvalue weighted by molar-refractivity contribution is 8.00. The lowest BCUT2D eigenvalue weighted by Gasteiger charge is -2.22. The Morgan fingerprint density at radius 2 is 1.72 bits per heavy atom. The molecule has 1 atom stereocenters. The van der Waals surface area contributed by atoms with Gasteiger partial charge in [-0.3, -0.25) is 4.79 Å².